The summed E-state index contributed by atoms with van der Waals surface area (Å²) in [6.45, 7) is 4.21. The van der Waals surface area contributed by atoms with Crippen molar-refractivity contribution in [2.45, 2.75) is 70.1 Å². The van der Waals surface area contributed by atoms with Crippen LogP contribution in [0.5, 0.6) is 5.75 Å². The summed E-state index contributed by atoms with van der Waals surface area (Å²) in [4.78, 5) is 52.4. The number of hydrogen-bond donors (Lipinski definition) is 5. The van der Waals surface area contributed by atoms with Gasteiger partial charge >= 0.3 is 5.97 Å². The van der Waals surface area contributed by atoms with E-state index in [0.717, 1.165) is 0 Å². The number of thioether (sulfide) groups is 1. The fourth-order valence-electron chi connectivity index (χ4n) is 4.23. The summed E-state index contributed by atoms with van der Waals surface area (Å²) in [5.74, 6) is -1.68. The second-order valence-electron chi connectivity index (χ2n) is 9.54. The van der Waals surface area contributed by atoms with E-state index in [9.17, 15) is 29.4 Å². The lowest BCUT2D eigenvalue weighted by atomic mass is 10.0. The van der Waals surface area contributed by atoms with Crippen LogP contribution in [0.25, 0.3) is 0 Å². The number of carboxylic acid groups (broad SMARTS) is 1. The molecule has 0 saturated carbocycles. The first-order valence-electron chi connectivity index (χ1n) is 12.2. The van der Waals surface area contributed by atoms with Crippen molar-refractivity contribution in [1.82, 2.24) is 15.5 Å². The molecule has 0 aliphatic carbocycles. The van der Waals surface area contributed by atoms with Gasteiger partial charge in [-0.25, -0.2) is 4.79 Å². The maximum Gasteiger partial charge on any atom is 0.326 e. The molecular weight excluding hydrogens is 484 g/mol. The first-order valence-corrected chi connectivity index (χ1v) is 13.6. The first kappa shape index (κ1) is 29.4. The number of nitrogens with zero attached hydrogens (tertiary/aromatic N) is 1. The van der Waals surface area contributed by atoms with E-state index in [4.69, 9.17) is 5.73 Å². The van der Waals surface area contributed by atoms with E-state index in [-0.39, 0.29) is 24.5 Å². The van der Waals surface area contributed by atoms with Gasteiger partial charge in [0, 0.05) is 13.0 Å². The first-order chi connectivity index (χ1) is 17.0. The molecule has 1 aromatic rings. The predicted octanol–water partition coefficient (Wildman–Crippen LogP) is 1.11. The number of hydrogen-bond acceptors (Lipinski definition) is 7. The number of nitrogens with two attached hydrogens (primary N) is 1. The highest BCUT2D eigenvalue weighted by atomic mass is 32.2. The predicted molar refractivity (Wildman–Crippen MR) is 138 cm³/mol. The standard InChI is InChI=1S/C25H38N4O6S/c1-15(2)13-18(26)22(31)28-20(14-16-6-8-17(30)9-7-16)24(33)29-11-4-5-21(29)23(32)27-19(25(34)35)10-12-36-3/h6-9,15,18-21,30H,4-5,10-14,26H2,1-3H3,(H,27,32)(H,28,31)(H,34,35). The Balaban J connectivity index is 2.21. The number of benzene rings is 1. The Kier molecular flexibility index (Phi) is 11.5. The molecule has 0 radical (unpaired) electrons. The van der Waals surface area contributed by atoms with Crippen LogP contribution in [-0.4, -0.2) is 81.5 Å². The molecule has 0 bridgehead atoms. The number of phenols is 1. The number of phenolic OH excluding ortho intramolecular Hbond substituents is 1. The van der Waals surface area contributed by atoms with Crippen molar-refractivity contribution in [3.63, 3.8) is 0 Å². The number of carboxylic acids is 1. The third-order valence-electron chi connectivity index (χ3n) is 6.12. The minimum atomic E-state index is -1.12. The smallest absolute Gasteiger partial charge is 0.326 e. The van der Waals surface area contributed by atoms with E-state index in [0.29, 0.717) is 37.1 Å². The molecule has 6 N–H and O–H groups in total. The highest BCUT2D eigenvalue weighted by Gasteiger charge is 2.39. The van der Waals surface area contributed by atoms with Gasteiger partial charge in [0.15, 0.2) is 0 Å². The summed E-state index contributed by atoms with van der Waals surface area (Å²) in [5, 5.41) is 24.4. The molecule has 0 aromatic heterocycles. The minimum Gasteiger partial charge on any atom is -0.508 e. The molecule has 36 heavy (non-hydrogen) atoms. The molecule has 2 rings (SSSR count). The van der Waals surface area contributed by atoms with Gasteiger partial charge in [-0.3, -0.25) is 14.4 Å². The van der Waals surface area contributed by atoms with Crippen molar-refractivity contribution >= 4 is 35.5 Å². The third kappa shape index (κ3) is 8.70. The van der Waals surface area contributed by atoms with Crippen molar-refractivity contribution in [3.8, 4) is 5.75 Å². The second kappa shape index (κ2) is 14.1. The fraction of sp³-hybridized carbons (Fsp3) is 0.600. The van der Waals surface area contributed by atoms with Gasteiger partial charge in [0.2, 0.25) is 17.7 Å². The van der Waals surface area contributed by atoms with Crippen molar-refractivity contribution in [3.05, 3.63) is 29.8 Å². The number of amides is 3. The average Bonchev–Trinajstić information content (AvgIpc) is 3.31. The SMILES string of the molecule is CSCCC(NC(=O)C1CCCN1C(=O)C(Cc1ccc(O)cc1)NC(=O)C(N)CC(C)C)C(=O)O. The van der Waals surface area contributed by atoms with Gasteiger partial charge in [0.05, 0.1) is 6.04 Å². The molecule has 1 aliphatic heterocycles. The van der Waals surface area contributed by atoms with Crippen LogP contribution in [0, 0.1) is 5.92 Å². The van der Waals surface area contributed by atoms with Gasteiger partial charge in [0.1, 0.15) is 23.9 Å². The van der Waals surface area contributed by atoms with Gasteiger partial charge in [-0.05, 0) is 61.3 Å². The molecule has 3 amide bonds. The number of carbonyl (C=O) groups excluding carboxylic acids is 3. The van der Waals surface area contributed by atoms with E-state index in [2.05, 4.69) is 10.6 Å². The molecular formula is C25H38N4O6S. The lowest BCUT2D eigenvalue weighted by molar-refractivity contribution is -0.145. The summed E-state index contributed by atoms with van der Waals surface area (Å²) in [5.41, 5.74) is 6.76. The molecule has 11 heteroatoms. The van der Waals surface area contributed by atoms with Crippen molar-refractivity contribution in [1.29, 1.82) is 0 Å². The molecule has 4 atom stereocenters. The fourth-order valence-corrected chi connectivity index (χ4v) is 4.70. The number of nitrogens with one attached hydrogen (secondary N) is 2. The topological polar surface area (TPSA) is 162 Å². The Morgan fingerprint density at radius 2 is 1.81 bits per heavy atom. The maximum absolute atomic E-state index is 13.6. The van der Waals surface area contributed by atoms with E-state index in [1.54, 1.807) is 12.1 Å². The largest absolute Gasteiger partial charge is 0.508 e. The van der Waals surface area contributed by atoms with Crippen molar-refractivity contribution < 1.29 is 29.4 Å². The Morgan fingerprint density at radius 3 is 2.39 bits per heavy atom. The summed E-state index contributed by atoms with van der Waals surface area (Å²) in [6.07, 6.45) is 3.71. The van der Waals surface area contributed by atoms with Gasteiger partial charge in [0.25, 0.3) is 0 Å². The van der Waals surface area contributed by atoms with Crippen LogP contribution in [0.15, 0.2) is 24.3 Å². The van der Waals surface area contributed by atoms with E-state index >= 15 is 0 Å². The molecule has 0 spiro atoms. The van der Waals surface area contributed by atoms with Crippen molar-refractivity contribution in [2.75, 3.05) is 18.6 Å². The van der Waals surface area contributed by atoms with Gasteiger partial charge in [-0.2, -0.15) is 11.8 Å². The van der Waals surface area contributed by atoms with E-state index in [1.165, 1.54) is 28.8 Å². The Labute approximate surface area is 216 Å². The Hall–Kier alpha value is -2.79. The molecule has 1 aliphatic rings. The third-order valence-corrected chi connectivity index (χ3v) is 6.76. The normalized spacial score (nSPS) is 17.9. The van der Waals surface area contributed by atoms with Gasteiger partial charge in [-0.1, -0.05) is 26.0 Å². The number of aliphatic carboxylic acids is 1. The van der Waals surface area contributed by atoms with Crippen LogP contribution >= 0.6 is 11.8 Å². The number of carbonyl (C=O) groups is 4. The Bertz CT molecular complexity index is 910. The zero-order valence-electron chi connectivity index (χ0n) is 21.1. The van der Waals surface area contributed by atoms with Crippen molar-refractivity contribution in [2.24, 2.45) is 11.7 Å². The number of aromatic hydroxyl groups is 1. The molecule has 1 heterocycles. The highest BCUT2D eigenvalue weighted by Crippen LogP contribution is 2.21. The molecule has 1 aromatic carbocycles. The molecule has 1 saturated heterocycles. The van der Waals surface area contributed by atoms with E-state index in [1.807, 2.05) is 20.1 Å². The van der Waals surface area contributed by atoms with Crippen LogP contribution in [0.3, 0.4) is 0 Å². The van der Waals surface area contributed by atoms with Crippen LogP contribution in [0.1, 0.15) is 45.1 Å². The quantitative estimate of drug-likeness (QED) is 0.257. The van der Waals surface area contributed by atoms with Crippen LogP contribution in [0.2, 0.25) is 0 Å². The summed E-state index contributed by atoms with van der Waals surface area (Å²) >= 11 is 1.48. The molecule has 200 valence electrons. The number of rotatable bonds is 13. The average molecular weight is 523 g/mol. The summed E-state index contributed by atoms with van der Waals surface area (Å²) in [6, 6.07) is 2.69. The number of likely N-dealkylation sites (tertiary alicyclic amines) is 1. The lowest BCUT2D eigenvalue weighted by Crippen LogP contribution is -2.57. The second-order valence-corrected chi connectivity index (χ2v) is 10.5. The van der Waals surface area contributed by atoms with E-state index < -0.39 is 47.9 Å². The highest BCUT2D eigenvalue weighted by molar-refractivity contribution is 7.98. The van der Waals surface area contributed by atoms with Crippen LogP contribution < -0.4 is 16.4 Å². The summed E-state index contributed by atoms with van der Waals surface area (Å²) in [7, 11) is 0. The lowest BCUT2D eigenvalue weighted by Gasteiger charge is -2.30. The zero-order chi connectivity index (χ0) is 26.8. The zero-order valence-corrected chi connectivity index (χ0v) is 21.9. The summed E-state index contributed by atoms with van der Waals surface area (Å²) < 4.78 is 0. The minimum absolute atomic E-state index is 0.0790. The van der Waals surface area contributed by atoms with Gasteiger partial charge in [-0.15, -0.1) is 0 Å². The molecule has 10 nitrogen and oxygen atoms in total. The van der Waals surface area contributed by atoms with Crippen LogP contribution in [0.4, 0.5) is 0 Å². The van der Waals surface area contributed by atoms with Crippen LogP contribution in [-0.2, 0) is 25.6 Å². The molecule has 4 unspecified atom stereocenters. The Morgan fingerprint density at radius 1 is 1.14 bits per heavy atom. The molecule has 1 fully saturated rings. The monoisotopic (exact) mass is 522 g/mol. The van der Waals surface area contributed by atoms with Gasteiger partial charge < -0.3 is 31.5 Å². The maximum atomic E-state index is 13.6.